The van der Waals surface area contributed by atoms with Crippen molar-refractivity contribution in [3.05, 3.63) is 23.4 Å². The highest BCUT2D eigenvalue weighted by Gasteiger charge is 2.15. The van der Waals surface area contributed by atoms with Crippen LogP contribution in [0.15, 0.2) is 12.3 Å². The van der Waals surface area contributed by atoms with Gasteiger partial charge in [-0.25, -0.2) is 13.1 Å². The van der Waals surface area contributed by atoms with Gasteiger partial charge in [-0.05, 0) is 18.6 Å². The summed E-state index contributed by atoms with van der Waals surface area (Å²) in [7, 11) is 0.137. The van der Waals surface area contributed by atoms with E-state index in [2.05, 4.69) is 9.82 Å². The minimum absolute atomic E-state index is 0.164. The van der Waals surface area contributed by atoms with E-state index in [9.17, 15) is 8.42 Å². The first-order valence-corrected chi connectivity index (χ1v) is 7.65. The second kappa shape index (κ2) is 4.82. The predicted molar refractivity (Wildman–Crippen MR) is 73.7 cm³/mol. The van der Waals surface area contributed by atoms with Crippen molar-refractivity contribution in [2.75, 3.05) is 13.4 Å². The highest BCUT2D eigenvalue weighted by atomic mass is 32.2. The molecule has 0 aliphatic heterocycles. The van der Waals surface area contributed by atoms with E-state index in [-0.39, 0.29) is 6.54 Å². The van der Waals surface area contributed by atoms with E-state index in [1.807, 2.05) is 26.2 Å². The molecule has 0 spiro atoms. The Labute approximate surface area is 112 Å². The molecule has 0 amide bonds. The van der Waals surface area contributed by atoms with Crippen molar-refractivity contribution in [1.29, 1.82) is 0 Å². The Bertz CT molecular complexity index is 719. The molecule has 0 aliphatic carbocycles. The van der Waals surface area contributed by atoms with Crippen LogP contribution in [-0.2, 0) is 23.6 Å². The van der Waals surface area contributed by atoms with Crippen LogP contribution in [0.2, 0.25) is 0 Å². The molecule has 2 aromatic rings. The van der Waals surface area contributed by atoms with Gasteiger partial charge in [0.15, 0.2) is 0 Å². The summed E-state index contributed by atoms with van der Waals surface area (Å²) >= 11 is 0. The Hall–Kier alpha value is -1.60. The second-order valence-corrected chi connectivity index (χ2v) is 6.37. The lowest BCUT2D eigenvalue weighted by Gasteiger charge is -2.12. The van der Waals surface area contributed by atoms with Gasteiger partial charge in [0.1, 0.15) is 11.3 Å². The van der Waals surface area contributed by atoms with Crippen LogP contribution in [-0.4, -0.2) is 31.6 Å². The van der Waals surface area contributed by atoms with E-state index in [1.54, 1.807) is 11.8 Å². The molecule has 0 aliphatic rings. The quantitative estimate of drug-likeness (QED) is 0.906. The molecule has 0 radical (unpaired) electrons. The Morgan fingerprint density at radius 2 is 2.16 bits per heavy atom. The number of ether oxygens (including phenoxy) is 1. The van der Waals surface area contributed by atoms with Crippen molar-refractivity contribution in [3.63, 3.8) is 0 Å². The highest BCUT2D eigenvalue weighted by Crippen LogP contribution is 2.30. The average molecular weight is 283 g/mol. The third kappa shape index (κ3) is 2.87. The molecule has 104 valence electrons. The summed E-state index contributed by atoms with van der Waals surface area (Å²) in [6, 6.07) is 1.98. The number of nitrogens with one attached hydrogen (secondary N) is 1. The van der Waals surface area contributed by atoms with E-state index in [0.717, 1.165) is 28.3 Å². The minimum Gasteiger partial charge on any atom is -0.496 e. The van der Waals surface area contributed by atoms with Crippen LogP contribution in [0.1, 0.15) is 11.1 Å². The maximum Gasteiger partial charge on any atom is 0.209 e. The topological polar surface area (TPSA) is 73.2 Å². The summed E-state index contributed by atoms with van der Waals surface area (Å²) < 4.78 is 32.1. The standard InChI is InChI=1S/C12H17N3O3S/c1-8-5-9-7-15(2)14-11(9)10(12(8)18-3)6-13-19(4,16)17/h5,7,13H,6H2,1-4H3. The molecule has 1 aromatic heterocycles. The molecule has 6 nitrogen and oxygen atoms in total. The maximum atomic E-state index is 11.3. The van der Waals surface area contributed by atoms with Crippen molar-refractivity contribution in [2.24, 2.45) is 7.05 Å². The summed E-state index contributed by atoms with van der Waals surface area (Å²) in [4.78, 5) is 0. The maximum absolute atomic E-state index is 11.3. The lowest BCUT2D eigenvalue weighted by Crippen LogP contribution is -2.22. The number of fused-ring (bicyclic) bond motifs is 1. The summed E-state index contributed by atoms with van der Waals surface area (Å²) in [5.74, 6) is 0.669. The lowest BCUT2D eigenvalue weighted by atomic mass is 10.1. The Kier molecular flexibility index (Phi) is 3.51. The van der Waals surface area contributed by atoms with Crippen LogP contribution >= 0.6 is 0 Å². The molecule has 0 saturated carbocycles. The molecule has 2 rings (SSSR count). The number of rotatable bonds is 4. The summed E-state index contributed by atoms with van der Waals surface area (Å²) in [6.45, 7) is 2.09. The highest BCUT2D eigenvalue weighted by molar-refractivity contribution is 7.88. The molecular formula is C12H17N3O3S. The number of benzene rings is 1. The van der Waals surface area contributed by atoms with Crippen molar-refractivity contribution < 1.29 is 13.2 Å². The number of aryl methyl sites for hydroxylation is 2. The van der Waals surface area contributed by atoms with E-state index >= 15 is 0 Å². The molecule has 0 fully saturated rings. The van der Waals surface area contributed by atoms with E-state index in [4.69, 9.17) is 4.74 Å². The molecule has 19 heavy (non-hydrogen) atoms. The fourth-order valence-electron chi connectivity index (χ4n) is 2.14. The van der Waals surface area contributed by atoms with Crippen molar-refractivity contribution in [2.45, 2.75) is 13.5 Å². The fourth-order valence-corrected chi connectivity index (χ4v) is 2.55. The van der Waals surface area contributed by atoms with Crippen LogP contribution in [0.25, 0.3) is 10.9 Å². The van der Waals surface area contributed by atoms with Crippen LogP contribution in [0.3, 0.4) is 0 Å². The van der Waals surface area contributed by atoms with Gasteiger partial charge in [0.25, 0.3) is 0 Å². The number of methoxy groups -OCH3 is 1. The van der Waals surface area contributed by atoms with Crippen molar-refractivity contribution in [1.82, 2.24) is 14.5 Å². The molecule has 1 heterocycles. The molecular weight excluding hydrogens is 266 g/mol. The number of hydrogen-bond donors (Lipinski definition) is 1. The zero-order valence-corrected chi connectivity index (χ0v) is 12.2. The Morgan fingerprint density at radius 1 is 1.47 bits per heavy atom. The summed E-state index contributed by atoms with van der Waals surface area (Å²) in [6.07, 6.45) is 3.02. The molecule has 1 aromatic carbocycles. The molecule has 7 heteroatoms. The zero-order chi connectivity index (χ0) is 14.2. The number of aromatic nitrogens is 2. The Balaban J connectivity index is 2.60. The van der Waals surface area contributed by atoms with Crippen LogP contribution < -0.4 is 9.46 Å². The van der Waals surface area contributed by atoms with Gasteiger partial charge >= 0.3 is 0 Å². The van der Waals surface area contributed by atoms with Gasteiger partial charge in [-0.15, -0.1) is 0 Å². The van der Waals surface area contributed by atoms with Gasteiger partial charge in [0, 0.05) is 30.7 Å². The van der Waals surface area contributed by atoms with E-state index < -0.39 is 10.0 Å². The predicted octanol–water partition coefficient (Wildman–Crippen LogP) is 0.940. The number of sulfonamides is 1. The molecule has 0 unspecified atom stereocenters. The zero-order valence-electron chi connectivity index (χ0n) is 11.4. The normalized spacial score (nSPS) is 12.0. The molecule has 0 bridgehead atoms. The smallest absolute Gasteiger partial charge is 0.209 e. The average Bonchev–Trinajstić information content (AvgIpc) is 2.64. The first-order valence-electron chi connectivity index (χ1n) is 5.76. The van der Waals surface area contributed by atoms with Gasteiger partial charge < -0.3 is 4.74 Å². The van der Waals surface area contributed by atoms with Crippen LogP contribution in [0.4, 0.5) is 0 Å². The SMILES string of the molecule is COc1c(C)cc2cn(C)nc2c1CNS(C)(=O)=O. The number of hydrogen-bond acceptors (Lipinski definition) is 4. The van der Waals surface area contributed by atoms with E-state index in [1.165, 1.54) is 0 Å². The van der Waals surface area contributed by atoms with Crippen molar-refractivity contribution >= 4 is 20.9 Å². The first kappa shape index (κ1) is 13.8. The molecule has 0 atom stereocenters. The van der Waals surface area contributed by atoms with Crippen LogP contribution in [0, 0.1) is 6.92 Å². The van der Waals surface area contributed by atoms with Crippen molar-refractivity contribution in [3.8, 4) is 5.75 Å². The first-order chi connectivity index (χ1) is 8.81. The number of nitrogens with zero attached hydrogens (tertiary/aromatic N) is 2. The third-order valence-electron chi connectivity index (χ3n) is 2.86. The second-order valence-electron chi connectivity index (χ2n) is 4.54. The van der Waals surface area contributed by atoms with Crippen LogP contribution in [0.5, 0.6) is 5.75 Å². The fraction of sp³-hybridized carbons (Fsp3) is 0.417. The lowest BCUT2D eigenvalue weighted by molar-refractivity contribution is 0.407. The Morgan fingerprint density at radius 3 is 2.74 bits per heavy atom. The molecule has 0 saturated heterocycles. The van der Waals surface area contributed by atoms with Gasteiger partial charge in [-0.1, -0.05) is 0 Å². The van der Waals surface area contributed by atoms with Gasteiger partial charge in [-0.3, -0.25) is 4.68 Å². The third-order valence-corrected chi connectivity index (χ3v) is 3.53. The summed E-state index contributed by atoms with van der Waals surface area (Å²) in [5, 5.41) is 5.33. The molecule has 1 N–H and O–H groups in total. The largest absolute Gasteiger partial charge is 0.496 e. The monoisotopic (exact) mass is 283 g/mol. The van der Waals surface area contributed by atoms with E-state index in [0.29, 0.717) is 5.75 Å². The van der Waals surface area contributed by atoms with Gasteiger partial charge in [0.2, 0.25) is 10.0 Å². The minimum atomic E-state index is -3.26. The summed E-state index contributed by atoms with van der Waals surface area (Å²) in [5.41, 5.74) is 2.46. The van der Waals surface area contributed by atoms with Gasteiger partial charge in [0.05, 0.1) is 13.4 Å². The van der Waals surface area contributed by atoms with Gasteiger partial charge in [-0.2, -0.15) is 5.10 Å².